The first-order valence-electron chi connectivity index (χ1n) is 11.7. The number of rotatable bonds is 16. The van der Waals surface area contributed by atoms with E-state index >= 15 is 0 Å². The molecule has 164 valence electrons. The summed E-state index contributed by atoms with van der Waals surface area (Å²) in [6.07, 6.45) is 16.8. The van der Waals surface area contributed by atoms with Gasteiger partial charge in [0.2, 0.25) is 0 Å². The van der Waals surface area contributed by atoms with Crippen LogP contribution >= 0.6 is 0 Å². The Bertz CT molecular complexity index is 460. The van der Waals surface area contributed by atoms with Gasteiger partial charge in [-0.15, -0.1) is 0 Å². The Morgan fingerprint density at radius 1 is 1.04 bits per heavy atom. The zero-order valence-corrected chi connectivity index (χ0v) is 18.3. The van der Waals surface area contributed by atoms with E-state index in [1.165, 1.54) is 18.4 Å². The van der Waals surface area contributed by atoms with Gasteiger partial charge in [-0.05, 0) is 44.9 Å². The highest BCUT2D eigenvalue weighted by Gasteiger charge is 2.31. The fourth-order valence-corrected chi connectivity index (χ4v) is 4.43. The summed E-state index contributed by atoms with van der Waals surface area (Å²) in [7, 11) is 0. The molecule has 3 N–H and O–H groups in total. The first-order valence-corrected chi connectivity index (χ1v) is 11.7. The third-order valence-electron chi connectivity index (χ3n) is 6.31. The van der Waals surface area contributed by atoms with Crippen molar-refractivity contribution in [1.82, 2.24) is 0 Å². The van der Waals surface area contributed by atoms with Crippen LogP contribution in [-0.4, -0.2) is 33.0 Å². The van der Waals surface area contributed by atoms with Gasteiger partial charge >= 0.3 is 5.97 Å². The van der Waals surface area contributed by atoms with Crippen LogP contribution in [0.5, 0.6) is 0 Å². The number of carbonyl (C=O) groups is 1. The lowest BCUT2D eigenvalue weighted by molar-refractivity contribution is -0.137. The van der Waals surface area contributed by atoms with Crippen LogP contribution in [0.4, 0.5) is 0 Å². The highest BCUT2D eigenvalue weighted by molar-refractivity contribution is 5.66. The number of aliphatic carboxylic acids is 1. The molecule has 3 atom stereocenters. The van der Waals surface area contributed by atoms with Crippen molar-refractivity contribution in [3.05, 3.63) is 11.6 Å². The molecular formula is C24H44O4. The molecule has 1 aliphatic carbocycles. The Balaban J connectivity index is 2.53. The largest absolute Gasteiger partial charge is 0.481 e. The zero-order chi connectivity index (χ0) is 20.8. The molecule has 0 aromatic heterocycles. The fraction of sp³-hybridized carbons (Fsp3) is 0.875. The summed E-state index contributed by atoms with van der Waals surface area (Å²) in [5.74, 6) is -0.489. The predicted octanol–water partition coefficient (Wildman–Crippen LogP) is 6.00. The van der Waals surface area contributed by atoms with E-state index in [1.807, 2.05) is 0 Å². The second-order valence-corrected chi connectivity index (χ2v) is 8.83. The van der Waals surface area contributed by atoms with Crippen molar-refractivity contribution in [1.29, 1.82) is 0 Å². The normalized spacial score (nSPS) is 23.2. The molecule has 0 spiro atoms. The third-order valence-corrected chi connectivity index (χ3v) is 6.31. The number of carboxylic acids is 1. The van der Waals surface area contributed by atoms with Crippen LogP contribution in [-0.2, 0) is 4.79 Å². The van der Waals surface area contributed by atoms with Gasteiger partial charge in [-0.25, -0.2) is 0 Å². The molecule has 0 radical (unpaired) electrons. The Morgan fingerprint density at radius 2 is 1.71 bits per heavy atom. The Hall–Kier alpha value is -0.870. The molecule has 4 heteroatoms. The van der Waals surface area contributed by atoms with Gasteiger partial charge in [0.05, 0.1) is 11.7 Å². The van der Waals surface area contributed by atoms with Crippen LogP contribution < -0.4 is 0 Å². The van der Waals surface area contributed by atoms with Gasteiger partial charge in [0.1, 0.15) is 0 Å². The lowest BCUT2D eigenvalue weighted by Crippen LogP contribution is -2.28. The quantitative estimate of drug-likeness (QED) is 0.221. The summed E-state index contributed by atoms with van der Waals surface area (Å²) in [4.78, 5) is 10.6. The van der Waals surface area contributed by atoms with E-state index in [1.54, 1.807) is 0 Å². The Kier molecular flexibility index (Phi) is 12.7. The number of unbranched alkanes of at least 4 members (excludes halogenated alkanes) is 6. The molecule has 28 heavy (non-hydrogen) atoms. The fourth-order valence-electron chi connectivity index (χ4n) is 4.43. The summed E-state index contributed by atoms with van der Waals surface area (Å²) in [5.41, 5.74) is 0.746. The molecule has 1 aliphatic rings. The minimum atomic E-state index is -0.717. The summed E-state index contributed by atoms with van der Waals surface area (Å²) < 4.78 is 0. The van der Waals surface area contributed by atoms with Crippen LogP contribution in [0.15, 0.2) is 11.6 Å². The highest BCUT2D eigenvalue weighted by Crippen LogP contribution is 2.37. The van der Waals surface area contributed by atoms with Crippen molar-refractivity contribution in [3.63, 3.8) is 0 Å². The standard InChI is InChI=1S/C24H44O4/c1-3-5-11-18-24(28,17-6-4-2)19-16-20-14-15-22(25)21(20)12-9-7-8-10-13-23(26)27/h16,21-22,25,28H,3-15,17-19H2,1-2H3,(H,26,27)/t21-,22+,24?/m1/s1. The van der Waals surface area contributed by atoms with E-state index in [2.05, 4.69) is 19.9 Å². The van der Waals surface area contributed by atoms with E-state index in [-0.39, 0.29) is 18.4 Å². The van der Waals surface area contributed by atoms with Crippen molar-refractivity contribution in [2.24, 2.45) is 5.92 Å². The van der Waals surface area contributed by atoms with Gasteiger partial charge in [-0.2, -0.15) is 0 Å². The summed E-state index contributed by atoms with van der Waals surface area (Å²) in [6.45, 7) is 4.37. The average Bonchev–Trinajstić information content (AvgIpc) is 3.01. The smallest absolute Gasteiger partial charge is 0.303 e. The molecule has 0 saturated heterocycles. The molecule has 1 saturated carbocycles. The second-order valence-electron chi connectivity index (χ2n) is 8.83. The monoisotopic (exact) mass is 396 g/mol. The summed E-state index contributed by atoms with van der Waals surface area (Å²) in [5, 5.41) is 30.2. The summed E-state index contributed by atoms with van der Waals surface area (Å²) in [6, 6.07) is 0. The van der Waals surface area contributed by atoms with Crippen molar-refractivity contribution < 1.29 is 20.1 Å². The molecule has 0 amide bonds. The van der Waals surface area contributed by atoms with E-state index in [0.717, 1.165) is 77.0 Å². The van der Waals surface area contributed by atoms with Crippen molar-refractivity contribution in [2.75, 3.05) is 0 Å². The van der Waals surface area contributed by atoms with Gasteiger partial charge in [0.25, 0.3) is 0 Å². The van der Waals surface area contributed by atoms with Crippen molar-refractivity contribution in [2.45, 2.75) is 128 Å². The molecule has 1 rings (SSSR count). The van der Waals surface area contributed by atoms with Crippen molar-refractivity contribution >= 4 is 5.97 Å². The first kappa shape index (κ1) is 25.2. The maximum absolute atomic E-state index is 11.1. The van der Waals surface area contributed by atoms with Crippen molar-refractivity contribution in [3.8, 4) is 0 Å². The SMILES string of the molecule is CCCCCC(O)(CC=C1CC[C@H](O)[C@@H]1CCCCCCC(=O)O)CCCC. The third kappa shape index (κ3) is 10.1. The Labute approximate surface area is 172 Å². The molecule has 1 fully saturated rings. The molecule has 1 unspecified atom stereocenters. The zero-order valence-electron chi connectivity index (χ0n) is 18.3. The lowest BCUT2D eigenvalue weighted by atomic mass is 9.85. The second kappa shape index (κ2) is 14.2. The molecule has 0 aliphatic heterocycles. The van der Waals surface area contributed by atoms with E-state index < -0.39 is 11.6 Å². The first-order chi connectivity index (χ1) is 13.4. The van der Waals surface area contributed by atoms with Crippen LogP contribution in [0.3, 0.4) is 0 Å². The van der Waals surface area contributed by atoms with E-state index in [4.69, 9.17) is 5.11 Å². The molecule has 0 heterocycles. The number of hydrogen-bond acceptors (Lipinski definition) is 3. The molecule has 4 nitrogen and oxygen atoms in total. The van der Waals surface area contributed by atoms with Gasteiger partial charge in [0, 0.05) is 12.3 Å². The van der Waals surface area contributed by atoms with Gasteiger partial charge in [-0.3, -0.25) is 4.79 Å². The number of carboxylic acid groups (broad SMARTS) is 1. The van der Waals surface area contributed by atoms with E-state index in [0.29, 0.717) is 6.42 Å². The topological polar surface area (TPSA) is 77.8 Å². The highest BCUT2D eigenvalue weighted by atomic mass is 16.4. The van der Waals surface area contributed by atoms with Gasteiger partial charge < -0.3 is 15.3 Å². The Morgan fingerprint density at radius 3 is 2.39 bits per heavy atom. The number of aliphatic hydroxyl groups is 2. The van der Waals surface area contributed by atoms with Crippen LogP contribution in [0.25, 0.3) is 0 Å². The number of hydrogen-bond donors (Lipinski definition) is 3. The maximum Gasteiger partial charge on any atom is 0.303 e. The molecule has 0 aromatic rings. The van der Waals surface area contributed by atoms with Crippen LogP contribution in [0.1, 0.15) is 117 Å². The average molecular weight is 397 g/mol. The van der Waals surface area contributed by atoms with Crippen LogP contribution in [0, 0.1) is 5.92 Å². The minimum absolute atomic E-state index is 0.227. The predicted molar refractivity (Wildman–Crippen MR) is 115 cm³/mol. The van der Waals surface area contributed by atoms with E-state index in [9.17, 15) is 15.0 Å². The molecule has 0 bridgehead atoms. The minimum Gasteiger partial charge on any atom is -0.481 e. The lowest BCUT2D eigenvalue weighted by Gasteiger charge is -2.28. The van der Waals surface area contributed by atoms with Crippen LogP contribution in [0.2, 0.25) is 0 Å². The maximum atomic E-state index is 11.1. The summed E-state index contributed by atoms with van der Waals surface area (Å²) >= 11 is 0. The molecule has 0 aromatic carbocycles. The van der Waals surface area contributed by atoms with Gasteiger partial charge in [-0.1, -0.05) is 76.9 Å². The van der Waals surface area contributed by atoms with Gasteiger partial charge in [0.15, 0.2) is 0 Å². The number of aliphatic hydroxyl groups excluding tert-OH is 1. The molecular weight excluding hydrogens is 352 g/mol.